The highest BCUT2D eigenvalue weighted by Crippen LogP contribution is 2.31. The molecular weight excluding hydrogens is 340 g/mol. The van der Waals surface area contributed by atoms with Gasteiger partial charge in [0.25, 0.3) is 0 Å². The van der Waals surface area contributed by atoms with Crippen molar-refractivity contribution in [3.63, 3.8) is 0 Å². The van der Waals surface area contributed by atoms with Gasteiger partial charge in [0.1, 0.15) is 11.4 Å². The lowest BCUT2D eigenvalue weighted by atomic mass is 9.95. The third kappa shape index (κ3) is 7.43. The molecule has 2 N–H and O–H groups in total. The molecule has 142 valence electrons. The van der Waals surface area contributed by atoms with E-state index in [0.717, 1.165) is 11.3 Å². The van der Waals surface area contributed by atoms with Crippen molar-refractivity contribution in [1.29, 1.82) is 0 Å². The summed E-state index contributed by atoms with van der Waals surface area (Å²) in [6.07, 6.45) is -0.391. The molecule has 1 rings (SSSR count). The molecule has 0 aliphatic heterocycles. The van der Waals surface area contributed by atoms with Crippen LogP contribution in [0.3, 0.4) is 0 Å². The number of benzene rings is 1. The van der Waals surface area contributed by atoms with Crippen LogP contribution in [0, 0.1) is 18.8 Å². The van der Waals surface area contributed by atoms with Crippen molar-refractivity contribution < 1.29 is 14.3 Å². The molecule has 0 radical (unpaired) electrons. The number of hydrogen-bond acceptors (Lipinski definition) is 4. The zero-order valence-electron chi connectivity index (χ0n) is 16.3. The van der Waals surface area contributed by atoms with Crippen molar-refractivity contribution in [2.75, 3.05) is 25.5 Å². The first-order valence-corrected chi connectivity index (χ1v) is 8.96. The molecule has 0 spiro atoms. The topological polar surface area (TPSA) is 59.6 Å². The second-order valence-corrected chi connectivity index (χ2v) is 7.98. The summed E-state index contributed by atoms with van der Waals surface area (Å²) in [5.41, 5.74) is 1.38. The first-order valence-electron chi connectivity index (χ1n) is 8.58. The van der Waals surface area contributed by atoms with Gasteiger partial charge in [0.05, 0.1) is 12.8 Å². The van der Waals surface area contributed by atoms with E-state index in [4.69, 9.17) is 21.1 Å². The Kier molecular flexibility index (Phi) is 7.87. The maximum absolute atomic E-state index is 11.9. The van der Waals surface area contributed by atoms with Crippen LogP contribution in [0.5, 0.6) is 5.75 Å². The standard InChI is InChI=1S/C19H31ClN2O3/c1-12(2)14(11-22-18(23)25-19(4,5)6)10-21-16-8-13(3)15(20)9-17(16)24-7/h8-9,12,14,21H,10-11H2,1-7H3,(H,22,23). The van der Waals surface area contributed by atoms with Gasteiger partial charge in [-0.2, -0.15) is 0 Å². The van der Waals surface area contributed by atoms with Gasteiger partial charge in [-0.1, -0.05) is 25.4 Å². The minimum Gasteiger partial charge on any atom is -0.495 e. The molecule has 5 nitrogen and oxygen atoms in total. The maximum Gasteiger partial charge on any atom is 0.407 e. The Hall–Kier alpha value is -1.62. The zero-order valence-corrected chi connectivity index (χ0v) is 17.1. The minimum atomic E-state index is -0.496. The molecule has 25 heavy (non-hydrogen) atoms. The normalized spacial score (nSPS) is 12.7. The number of anilines is 1. The molecule has 1 amide bonds. The van der Waals surface area contributed by atoms with Gasteiger partial charge >= 0.3 is 6.09 Å². The van der Waals surface area contributed by atoms with E-state index in [1.165, 1.54) is 0 Å². The third-order valence-electron chi connectivity index (χ3n) is 3.89. The van der Waals surface area contributed by atoms with Gasteiger partial charge in [0.15, 0.2) is 0 Å². The summed E-state index contributed by atoms with van der Waals surface area (Å²) < 4.78 is 10.7. The Labute approximate surface area is 156 Å². The van der Waals surface area contributed by atoms with Crippen LogP contribution in [0.4, 0.5) is 10.5 Å². The Morgan fingerprint density at radius 2 is 1.88 bits per heavy atom. The summed E-state index contributed by atoms with van der Waals surface area (Å²) in [4.78, 5) is 11.9. The molecule has 0 saturated carbocycles. The number of halogens is 1. The molecule has 0 bridgehead atoms. The van der Waals surface area contributed by atoms with Crippen LogP contribution >= 0.6 is 11.6 Å². The van der Waals surface area contributed by atoms with Gasteiger partial charge in [-0.05, 0) is 51.2 Å². The average Bonchev–Trinajstić information content (AvgIpc) is 2.48. The summed E-state index contributed by atoms with van der Waals surface area (Å²) in [5, 5.41) is 6.94. The van der Waals surface area contributed by atoms with Crippen molar-refractivity contribution in [2.24, 2.45) is 11.8 Å². The molecule has 0 saturated heterocycles. The molecule has 0 fully saturated rings. The maximum atomic E-state index is 11.9. The quantitative estimate of drug-likeness (QED) is 0.719. The van der Waals surface area contributed by atoms with Crippen molar-refractivity contribution in [3.05, 3.63) is 22.7 Å². The van der Waals surface area contributed by atoms with Crippen LogP contribution in [0.1, 0.15) is 40.2 Å². The Morgan fingerprint density at radius 1 is 1.24 bits per heavy atom. The highest BCUT2D eigenvalue weighted by Gasteiger charge is 2.19. The number of nitrogens with one attached hydrogen (secondary N) is 2. The Bertz CT molecular complexity index is 583. The average molecular weight is 371 g/mol. The molecule has 0 aliphatic carbocycles. The van der Waals surface area contributed by atoms with Crippen molar-refractivity contribution in [1.82, 2.24) is 5.32 Å². The van der Waals surface area contributed by atoms with Gasteiger partial charge in [-0.25, -0.2) is 4.79 Å². The van der Waals surface area contributed by atoms with E-state index in [9.17, 15) is 4.79 Å². The lowest BCUT2D eigenvalue weighted by Crippen LogP contribution is -2.38. The van der Waals surface area contributed by atoms with Crippen molar-refractivity contribution >= 4 is 23.4 Å². The van der Waals surface area contributed by atoms with Gasteiger partial charge in [0.2, 0.25) is 0 Å². The number of amides is 1. The van der Waals surface area contributed by atoms with E-state index in [0.29, 0.717) is 29.8 Å². The highest BCUT2D eigenvalue weighted by atomic mass is 35.5. The molecule has 0 heterocycles. The number of ether oxygens (including phenoxy) is 2. The highest BCUT2D eigenvalue weighted by molar-refractivity contribution is 6.31. The summed E-state index contributed by atoms with van der Waals surface area (Å²) in [5.74, 6) is 1.34. The van der Waals surface area contributed by atoms with Gasteiger partial charge < -0.3 is 20.1 Å². The van der Waals surface area contributed by atoms with E-state index in [-0.39, 0.29) is 5.92 Å². The fourth-order valence-corrected chi connectivity index (χ4v) is 2.44. The van der Waals surface area contributed by atoms with Crippen molar-refractivity contribution in [3.8, 4) is 5.75 Å². The first-order chi connectivity index (χ1) is 11.5. The van der Waals surface area contributed by atoms with Gasteiger partial charge in [-0.3, -0.25) is 0 Å². The second kappa shape index (κ2) is 9.18. The molecule has 1 aromatic rings. The smallest absolute Gasteiger partial charge is 0.407 e. The number of aryl methyl sites for hydroxylation is 1. The van der Waals surface area contributed by atoms with E-state index >= 15 is 0 Å². The van der Waals surface area contributed by atoms with Crippen LogP contribution in [0.15, 0.2) is 12.1 Å². The van der Waals surface area contributed by atoms with Crippen LogP contribution in [-0.4, -0.2) is 31.9 Å². The summed E-state index contributed by atoms with van der Waals surface area (Å²) in [6, 6.07) is 3.78. The first kappa shape index (κ1) is 21.4. The van der Waals surface area contributed by atoms with E-state index in [2.05, 4.69) is 24.5 Å². The fourth-order valence-electron chi connectivity index (χ4n) is 2.28. The Morgan fingerprint density at radius 3 is 2.40 bits per heavy atom. The predicted molar refractivity (Wildman–Crippen MR) is 104 cm³/mol. The van der Waals surface area contributed by atoms with Crippen LogP contribution < -0.4 is 15.4 Å². The number of rotatable bonds is 7. The fraction of sp³-hybridized carbons (Fsp3) is 0.632. The van der Waals surface area contributed by atoms with Gasteiger partial charge in [-0.15, -0.1) is 0 Å². The lowest BCUT2D eigenvalue weighted by Gasteiger charge is -2.25. The molecule has 1 unspecified atom stereocenters. The lowest BCUT2D eigenvalue weighted by molar-refractivity contribution is 0.0516. The number of carbonyl (C=O) groups excluding carboxylic acids is 1. The zero-order chi connectivity index (χ0) is 19.2. The van der Waals surface area contributed by atoms with E-state index in [1.807, 2.05) is 39.8 Å². The second-order valence-electron chi connectivity index (χ2n) is 7.57. The summed E-state index contributed by atoms with van der Waals surface area (Å²) >= 11 is 6.15. The molecular formula is C19H31ClN2O3. The number of hydrogen-bond donors (Lipinski definition) is 2. The van der Waals surface area contributed by atoms with Crippen LogP contribution in [0.25, 0.3) is 0 Å². The van der Waals surface area contributed by atoms with E-state index < -0.39 is 11.7 Å². The van der Waals surface area contributed by atoms with Crippen LogP contribution in [-0.2, 0) is 4.74 Å². The summed E-state index contributed by atoms with van der Waals surface area (Å²) in [6.45, 7) is 13.0. The molecule has 1 atom stereocenters. The van der Waals surface area contributed by atoms with E-state index in [1.54, 1.807) is 7.11 Å². The molecule has 0 aliphatic rings. The van der Waals surface area contributed by atoms with Gasteiger partial charge in [0, 0.05) is 24.2 Å². The largest absolute Gasteiger partial charge is 0.495 e. The molecule has 6 heteroatoms. The minimum absolute atomic E-state index is 0.244. The van der Waals surface area contributed by atoms with Crippen LogP contribution in [0.2, 0.25) is 5.02 Å². The number of carbonyl (C=O) groups is 1. The Balaban J connectivity index is 2.68. The third-order valence-corrected chi connectivity index (χ3v) is 4.29. The molecule has 0 aromatic heterocycles. The number of methoxy groups -OCH3 is 1. The molecule has 1 aromatic carbocycles. The summed E-state index contributed by atoms with van der Waals surface area (Å²) in [7, 11) is 1.62. The predicted octanol–water partition coefficient (Wildman–Crippen LogP) is 4.87. The monoisotopic (exact) mass is 370 g/mol. The SMILES string of the molecule is COc1cc(Cl)c(C)cc1NCC(CNC(=O)OC(C)(C)C)C(C)C. The van der Waals surface area contributed by atoms with Crippen molar-refractivity contribution in [2.45, 2.75) is 47.1 Å². The number of alkyl carbamates (subject to hydrolysis) is 1.